The Morgan fingerprint density at radius 2 is 1.47 bits per heavy atom. The fraction of sp³-hybridized carbons (Fsp3) is 0.367. The molecular formula is C30H32Cl2F6N4O. The van der Waals surface area contributed by atoms with Crippen LogP contribution >= 0.6 is 23.2 Å². The summed E-state index contributed by atoms with van der Waals surface area (Å²) in [7, 11) is 3.94. The SMILES string of the molecule is CN(C)CCCNCCC(CNC(=O)Nc1cc(Cl)cc(Cl)c1)c1cccc(-c2cc(C(F)(F)F)cc(C(F)(F)F)c2)c1. The zero-order chi connectivity index (χ0) is 31.8. The number of urea groups is 1. The first kappa shape index (κ1) is 34.5. The lowest BCUT2D eigenvalue weighted by Crippen LogP contribution is -2.33. The number of hydrogen-bond acceptors (Lipinski definition) is 3. The van der Waals surface area contributed by atoms with Gasteiger partial charge in [-0.2, -0.15) is 26.3 Å². The molecule has 13 heteroatoms. The molecule has 3 aromatic rings. The fourth-order valence-corrected chi connectivity index (χ4v) is 4.95. The molecule has 0 aliphatic carbocycles. The summed E-state index contributed by atoms with van der Waals surface area (Å²) in [5.74, 6) is -0.317. The summed E-state index contributed by atoms with van der Waals surface area (Å²) in [4.78, 5) is 14.7. The molecule has 1 atom stereocenters. The number of nitrogens with zero attached hydrogens (tertiary/aromatic N) is 1. The summed E-state index contributed by atoms with van der Waals surface area (Å²) < 4.78 is 80.8. The molecule has 0 saturated carbocycles. The van der Waals surface area contributed by atoms with Gasteiger partial charge in [-0.05, 0) is 99.7 Å². The van der Waals surface area contributed by atoms with Crippen LogP contribution in [0.15, 0.2) is 60.7 Å². The molecule has 0 heterocycles. The Balaban J connectivity index is 1.84. The largest absolute Gasteiger partial charge is 0.416 e. The topological polar surface area (TPSA) is 56.4 Å². The standard InChI is InChI=1S/C30H32Cl2F6N4O/c1-42(2)10-4-8-39-9-7-21(18-40-28(43)41-27-16-25(31)15-26(32)17-27)19-5-3-6-20(11-19)22-12-23(29(33,34)35)14-24(13-22)30(36,37)38/h3,5-6,11-17,21,39H,4,7-10,18H2,1-2H3,(H2,40,41,43). The van der Waals surface area contributed by atoms with Crippen LogP contribution in [0.1, 0.15) is 35.4 Å². The zero-order valence-electron chi connectivity index (χ0n) is 23.5. The highest BCUT2D eigenvalue weighted by molar-refractivity contribution is 6.35. The van der Waals surface area contributed by atoms with Gasteiger partial charge >= 0.3 is 18.4 Å². The molecule has 2 amide bonds. The summed E-state index contributed by atoms with van der Waals surface area (Å²) in [6.07, 6.45) is -8.48. The van der Waals surface area contributed by atoms with E-state index < -0.39 is 29.5 Å². The minimum absolute atomic E-state index is 0.105. The van der Waals surface area contributed by atoms with E-state index in [1.807, 2.05) is 14.1 Å². The van der Waals surface area contributed by atoms with Crippen molar-refractivity contribution in [2.75, 3.05) is 45.6 Å². The Morgan fingerprint density at radius 1 is 0.837 bits per heavy atom. The normalized spacial score (nSPS) is 12.8. The maximum Gasteiger partial charge on any atom is 0.416 e. The van der Waals surface area contributed by atoms with Crippen molar-refractivity contribution >= 4 is 34.9 Å². The molecule has 0 aliphatic rings. The van der Waals surface area contributed by atoms with Crippen molar-refractivity contribution in [1.29, 1.82) is 0 Å². The minimum atomic E-state index is -4.96. The Kier molecular flexibility index (Phi) is 12.1. The van der Waals surface area contributed by atoms with Gasteiger partial charge in [-0.25, -0.2) is 4.79 Å². The third kappa shape index (κ3) is 11.2. The van der Waals surface area contributed by atoms with Gasteiger partial charge in [-0.15, -0.1) is 0 Å². The van der Waals surface area contributed by atoms with E-state index >= 15 is 0 Å². The van der Waals surface area contributed by atoms with Crippen LogP contribution in [0.4, 0.5) is 36.8 Å². The summed E-state index contributed by atoms with van der Waals surface area (Å²) >= 11 is 12.0. The third-order valence-corrected chi connectivity index (χ3v) is 6.97. The average molecular weight is 650 g/mol. The molecule has 234 valence electrons. The highest BCUT2D eigenvalue weighted by atomic mass is 35.5. The Morgan fingerprint density at radius 3 is 2.05 bits per heavy atom. The Labute approximate surface area is 256 Å². The van der Waals surface area contributed by atoms with Gasteiger partial charge in [0.2, 0.25) is 0 Å². The Hall–Kier alpha value is -2.99. The molecule has 0 radical (unpaired) electrons. The summed E-state index contributed by atoms with van der Waals surface area (Å²) in [5, 5.41) is 9.45. The highest BCUT2D eigenvalue weighted by Gasteiger charge is 2.37. The lowest BCUT2D eigenvalue weighted by atomic mass is 9.91. The first-order valence-corrected chi connectivity index (χ1v) is 14.1. The van der Waals surface area contributed by atoms with Crippen LogP contribution in [-0.2, 0) is 12.4 Å². The quantitative estimate of drug-likeness (QED) is 0.136. The maximum atomic E-state index is 13.5. The van der Waals surface area contributed by atoms with E-state index in [1.165, 1.54) is 24.3 Å². The molecule has 43 heavy (non-hydrogen) atoms. The number of carbonyl (C=O) groups excluding carboxylic acids is 1. The van der Waals surface area contributed by atoms with Crippen molar-refractivity contribution in [3.8, 4) is 11.1 Å². The van der Waals surface area contributed by atoms with E-state index in [2.05, 4.69) is 20.9 Å². The highest BCUT2D eigenvalue weighted by Crippen LogP contribution is 2.39. The van der Waals surface area contributed by atoms with Crippen molar-refractivity contribution in [2.24, 2.45) is 0 Å². The second-order valence-corrected chi connectivity index (χ2v) is 11.2. The molecule has 3 rings (SSSR count). The van der Waals surface area contributed by atoms with Gasteiger partial charge in [0.05, 0.1) is 11.1 Å². The van der Waals surface area contributed by atoms with E-state index in [-0.39, 0.29) is 29.7 Å². The number of halogens is 8. The van der Waals surface area contributed by atoms with Crippen molar-refractivity contribution in [2.45, 2.75) is 31.1 Å². The molecule has 0 aliphatic heterocycles. The molecular weight excluding hydrogens is 617 g/mol. The first-order chi connectivity index (χ1) is 20.1. The van der Waals surface area contributed by atoms with Gasteiger partial charge in [0.15, 0.2) is 0 Å². The maximum absolute atomic E-state index is 13.5. The van der Waals surface area contributed by atoms with E-state index in [1.54, 1.807) is 18.2 Å². The second-order valence-electron chi connectivity index (χ2n) is 10.3. The molecule has 0 saturated heterocycles. The molecule has 0 fully saturated rings. The molecule has 3 N–H and O–H groups in total. The van der Waals surface area contributed by atoms with Crippen molar-refractivity contribution in [3.05, 3.63) is 87.4 Å². The third-order valence-electron chi connectivity index (χ3n) is 6.54. The van der Waals surface area contributed by atoms with Crippen LogP contribution in [0.25, 0.3) is 11.1 Å². The van der Waals surface area contributed by atoms with E-state index in [4.69, 9.17) is 23.2 Å². The van der Waals surface area contributed by atoms with Crippen LogP contribution < -0.4 is 16.0 Å². The average Bonchev–Trinajstić information content (AvgIpc) is 2.90. The number of rotatable bonds is 12. The smallest absolute Gasteiger partial charge is 0.337 e. The fourth-order valence-electron chi connectivity index (χ4n) is 4.42. The van der Waals surface area contributed by atoms with Crippen LogP contribution in [0.3, 0.4) is 0 Å². The number of carbonyl (C=O) groups is 1. The van der Waals surface area contributed by atoms with E-state index in [0.29, 0.717) is 46.4 Å². The van der Waals surface area contributed by atoms with Crippen molar-refractivity contribution < 1.29 is 31.1 Å². The lowest BCUT2D eigenvalue weighted by molar-refractivity contribution is -0.143. The van der Waals surface area contributed by atoms with Crippen LogP contribution in [0, 0.1) is 0 Å². The van der Waals surface area contributed by atoms with Crippen LogP contribution in [0.5, 0.6) is 0 Å². The predicted octanol–water partition coefficient (Wildman–Crippen LogP) is 8.53. The number of alkyl halides is 6. The molecule has 1 unspecified atom stereocenters. The molecule has 0 aromatic heterocycles. The van der Waals surface area contributed by atoms with Crippen LogP contribution in [-0.4, -0.2) is 51.2 Å². The van der Waals surface area contributed by atoms with E-state index in [0.717, 1.165) is 19.5 Å². The second kappa shape index (κ2) is 15.1. The first-order valence-electron chi connectivity index (χ1n) is 13.4. The van der Waals surface area contributed by atoms with Gasteiger partial charge in [-0.1, -0.05) is 47.5 Å². The lowest BCUT2D eigenvalue weighted by Gasteiger charge is -2.20. The monoisotopic (exact) mass is 648 g/mol. The summed E-state index contributed by atoms with van der Waals surface area (Å²) in [6.45, 7) is 2.35. The van der Waals surface area contributed by atoms with Crippen molar-refractivity contribution in [1.82, 2.24) is 15.5 Å². The Bertz CT molecular complexity index is 1330. The van der Waals surface area contributed by atoms with Crippen LogP contribution in [0.2, 0.25) is 10.0 Å². The number of benzene rings is 3. The number of anilines is 1. The molecule has 5 nitrogen and oxygen atoms in total. The number of nitrogens with one attached hydrogen (secondary N) is 3. The number of hydrogen-bond donors (Lipinski definition) is 3. The van der Waals surface area contributed by atoms with Crippen molar-refractivity contribution in [3.63, 3.8) is 0 Å². The van der Waals surface area contributed by atoms with Gasteiger partial charge in [0.25, 0.3) is 0 Å². The molecule has 3 aromatic carbocycles. The molecule has 0 spiro atoms. The van der Waals surface area contributed by atoms with Gasteiger partial charge in [0.1, 0.15) is 0 Å². The van der Waals surface area contributed by atoms with Gasteiger partial charge in [0, 0.05) is 28.2 Å². The number of amides is 2. The zero-order valence-corrected chi connectivity index (χ0v) is 25.0. The minimum Gasteiger partial charge on any atom is -0.337 e. The van der Waals surface area contributed by atoms with E-state index in [9.17, 15) is 31.1 Å². The van der Waals surface area contributed by atoms with Gasteiger partial charge in [-0.3, -0.25) is 0 Å². The predicted molar refractivity (Wildman–Crippen MR) is 159 cm³/mol. The summed E-state index contributed by atoms with van der Waals surface area (Å²) in [6, 6.07) is 11.9. The van der Waals surface area contributed by atoms with Gasteiger partial charge < -0.3 is 20.9 Å². The summed E-state index contributed by atoms with van der Waals surface area (Å²) in [5.41, 5.74) is -1.78. The molecule has 0 bridgehead atoms.